The Balaban J connectivity index is 2.51. The Morgan fingerprint density at radius 3 is 1.74 bits per heavy atom. The molecule has 5 heteroatoms. The van der Waals surface area contributed by atoms with Crippen LogP contribution < -0.4 is 15.7 Å². The zero-order valence-corrected chi connectivity index (χ0v) is 11.1. The molecular weight excluding hydrogens is 261 g/mol. The van der Waals surface area contributed by atoms with Gasteiger partial charge in [-0.15, -0.1) is 0 Å². The van der Waals surface area contributed by atoms with Gasteiger partial charge in [0.05, 0.1) is 0 Å². The summed E-state index contributed by atoms with van der Waals surface area (Å²) in [6, 6.07) is 17.5. The molecule has 0 aliphatic heterocycles. The van der Waals surface area contributed by atoms with E-state index >= 15 is 0 Å². The van der Waals surface area contributed by atoms with Gasteiger partial charge >= 0.3 is 0 Å². The summed E-state index contributed by atoms with van der Waals surface area (Å²) < 4.78 is 13.1. The summed E-state index contributed by atoms with van der Waals surface area (Å²) in [4.78, 5) is 11.4. The maximum Gasteiger partial charge on any atom is 0.251 e. The Bertz CT molecular complexity index is 555. The molecule has 2 aromatic carbocycles. The summed E-state index contributed by atoms with van der Waals surface area (Å²) >= 11 is 0. The molecule has 0 saturated heterocycles. The zero-order valence-electron chi connectivity index (χ0n) is 10.2. The molecule has 0 aromatic heterocycles. The van der Waals surface area contributed by atoms with Crippen molar-refractivity contribution in [3.8, 4) is 0 Å². The van der Waals surface area contributed by atoms with Crippen molar-refractivity contribution in [1.29, 1.82) is 0 Å². The molecule has 0 saturated carbocycles. The van der Waals surface area contributed by atoms with E-state index in [9.17, 15) is 9.36 Å². The third kappa shape index (κ3) is 2.92. The molecule has 4 nitrogen and oxygen atoms in total. The number of hydrogen-bond donors (Lipinski definition) is 2. The summed E-state index contributed by atoms with van der Waals surface area (Å²) in [5, 5.41) is 12.4. The molecule has 98 valence electrons. The molecule has 0 spiro atoms. The topological polar surface area (TPSA) is 66.4 Å². The van der Waals surface area contributed by atoms with Crippen molar-refractivity contribution < 1.29 is 14.5 Å². The first-order chi connectivity index (χ1) is 9.16. The minimum Gasteiger partial charge on any atom is -0.387 e. The van der Waals surface area contributed by atoms with E-state index < -0.39 is 19.8 Å². The van der Waals surface area contributed by atoms with Crippen molar-refractivity contribution in [1.82, 2.24) is 5.09 Å². The molecule has 1 amide bonds. The van der Waals surface area contributed by atoms with Crippen molar-refractivity contribution in [2.45, 2.75) is 0 Å². The third-order valence-corrected chi connectivity index (χ3v) is 5.28. The Kier molecular flexibility index (Phi) is 4.15. The van der Waals surface area contributed by atoms with E-state index in [1.54, 1.807) is 48.5 Å². The van der Waals surface area contributed by atoms with Crippen molar-refractivity contribution >= 4 is 23.8 Å². The van der Waals surface area contributed by atoms with Gasteiger partial charge in [-0.1, -0.05) is 36.4 Å². The van der Waals surface area contributed by atoms with E-state index in [0.717, 1.165) is 0 Å². The van der Waals surface area contributed by atoms with Crippen LogP contribution in [0.3, 0.4) is 0 Å². The van der Waals surface area contributed by atoms with Crippen molar-refractivity contribution in [2.24, 2.45) is 0 Å². The summed E-state index contributed by atoms with van der Waals surface area (Å²) in [5.41, 5.74) is 0. The van der Waals surface area contributed by atoms with Gasteiger partial charge < -0.3 is 5.11 Å². The maximum absolute atomic E-state index is 13.1. The number of rotatable bonds is 4. The van der Waals surface area contributed by atoms with Crippen LogP contribution in [0.4, 0.5) is 0 Å². The number of carbonyl (C=O) groups is 1. The number of aliphatic hydroxyl groups is 1. The molecular formula is C14H14NO3P. The lowest BCUT2D eigenvalue weighted by molar-refractivity contribution is -0.122. The van der Waals surface area contributed by atoms with Crippen LogP contribution in [0.5, 0.6) is 0 Å². The average Bonchev–Trinajstić information content (AvgIpc) is 2.48. The van der Waals surface area contributed by atoms with Gasteiger partial charge in [-0.25, -0.2) is 0 Å². The quantitative estimate of drug-likeness (QED) is 0.819. The molecule has 0 unspecified atom stereocenters. The van der Waals surface area contributed by atoms with E-state index in [1.807, 2.05) is 12.1 Å². The molecule has 0 radical (unpaired) electrons. The van der Waals surface area contributed by atoms with E-state index in [2.05, 4.69) is 5.09 Å². The minimum absolute atomic E-state index is 0.531. The van der Waals surface area contributed by atoms with Crippen LogP contribution in [-0.2, 0) is 9.36 Å². The van der Waals surface area contributed by atoms with E-state index in [0.29, 0.717) is 10.6 Å². The van der Waals surface area contributed by atoms with Crippen LogP contribution in [0, 0.1) is 0 Å². The van der Waals surface area contributed by atoms with Gasteiger partial charge in [0.1, 0.15) is 6.61 Å². The van der Waals surface area contributed by atoms with Gasteiger partial charge in [-0.3, -0.25) is 14.4 Å². The second-order valence-corrected chi connectivity index (χ2v) is 6.45. The van der Waals surface area contributed by atoms with Crippen LogP contribution in [0.1, 0.15) is 0 Å². The molecule has 2 rings (SSSR count). The van der Waals surface area contributed by atoms with Gasteiger partial charge in [0.25, 0.3) is 5.91 Å². The molecule has 2 aromatic rings. The Morgan fingerprint density at radius 1 is 0.947 bits per heavy atom. The SMILES string of the molecule is O=C(CO)NP(=O)(c1ccccc1)c1ccccc1. The number of benzene rings is 2. The van der Waals surface area contributed by atoms with Gasteiger partial charge in [0.2, 0.25) is 7.29 Å². The first-order valence-corrected chi connectivity index (χ1v) is 7.51. The first-order valence-electron chi connectivity index (χ1n) is 5.80. The number of aliphatic hydroxyl groups excluding tert-OH is 1. The predicted octanol–water partition coefficient (Wildman–Crippen LogP) is 1.02. The molecule has 0 aliphatic carbocycles. The van der Waals surface area contributed by atoms with Crippen LogP contribution in [-0.4, -0.2) is 17.6 Å². The van der Waals surface area contributed by atoms with Crippen molar-refractivity contribution in [3.05, 3.63) is 60.7 Å². The Hall–Kier alpha value is -1.90. The molecule has 0 bridgehead atoms. The number of amides is 1. The van der Waals surface area contributed by atoms with Crippen LogP contribution >= 0.6 is 7.29 Å². The largest absolute Gasteiger partial charge is 0.387 e. The van der Waals surface area contributed by atoms with Crippen LogP contribution in [0.15, 0.2) is 60.7 Å². The molecule has 19 heavy (non-hydrogen) atoms. The highest BCUT2D eigenvalue weighted by Gasteiger charge is 2.28. The van der Waals surface area contributed by atoms with Gasteiger partial charge in [-0.2, -0.15) is 0 Å². The number of hydrogen-bond acceptors (Lipinski definition) is 3. The fraction of sp³-hybridized carbons (Fsp3) is 0.0714. The fourth-order valence-corrected chi connectivity index (χ4v) is 3.93. The average molecular weight is 275 g/mol. The van der Waals surface area contributed by atoms with E-state index in [4.69, 9.17) is 5.11 Å². The highest BCUT2D eigenvalue weighted by Crippen LogP contribution is 2.38. The third-order valence-electron chi connectivity index (χ3n) is 2.67. The standard InChI is InChI=1S/C14H14NO3P/c16-11-14(17)15-19(18,12-7-3-1-4-8-12)13-9-5-2-6-10-13/h1-10,16H,11H2,(H,15,17,18). The molecule has 0 aliphatic rings. The second kappa shape index (κ2) is 5.83. The van der Waals surface area contributed by atoms with Gasteiger partial charge in [-0.05, 0) is 24.3 Å². The highest BCUT2D eigenvalue weighted by atomic mass is 31.2. The normalized spacial score (nSPS) is 11.0. The predicted molar refractivity (Wildman–Crippen MR) is 75.0 cm³/mol. The van der Waals surface area contributed by atoms with Gasteiger partial charge in [0.15, 0.2) is 0 Å². The molecule has 2 N–H and O–H groups in total. The summed E-state index contributed by atoms with van der Waals surface area (Å²) in [7, 11) is -3.26. The number of nitrogens with one attached hydrogen (secondary N) is 1. The van der Waals surface area contributed by atoms with Crippen molar-refractivity contribution in [2.75, 3.05) is 6.61 Å². The van der Waals surface area contributed by atoms with Crippen molar-refractivity contribution in [3.63, 3.8) is 0 Å². The lowest BCUT2D eigenvalue weighted by atomic mass is 10.4. The fourth-order valence-electron chi connectivity index (χ4n) is 1.76. The summed E-state index contributed by atoms with van der Waals surface area (Å²) in [6.07, 6.45) is 0. The second-order valence-electron chi connectivity index (χ2n) is 3.97. The van der Waals surface area contributed by atoms with Crippen LogP contribution in [0.25, 0.3) is 0 Å². The summed E-state index contributed by atoms with van der Waals surface area (Å²) in [6.45, 7) is -0.691. The number of carbonyl (C=O) groups excluding carboxylic acids is 1. The van der Waals surface area contributed by atoms with E-state index in [-0.39, 0.29) is 0 Å². The molecule has 0 atom stereocenters. The lowest BCUT2D eigenvalue weighted by Gasteiger charge is -2.19. The Labute approximate surface area is 111 Å². The Morgan fingerprint density at radius 2 is 1.37 bits per heavy atom. The first kappa shape index (κ1) is 13.5. The summed E-state index contributed by atoms with van der Waals surface area (Å²) in [5.74, 6) is -0.656. The van der Waals surface area contributed by atoms with Gasteiger partial charge in [0, 0.05) is 10.6 Å². The van der Waals surface area contributed by atoms with Crippen LogP contribution in [0.2, 0.25) is 0 Å². The zero-order chi connectivity index (χ0) is 13.7. The monoisotopic (exact) mass is 275 g/mol. The molecule has 0 heterocycles. The lowest BCUT2D eigenvalue weighted by Crippen LogP contribution is -2.33. The minimum atomic E-state index is -3.26. The maximum atomic E-state index is 13.1. The molecule has 0 fully saturated rings. The van der Waals surface area contributed by atoms with E-state index in [1.165, 1.54) is 0 Å². The highest BCUT2D eigenvalue weighted by molar-refractivity contribution is 7.77. The smallest absolute Gasteiger partial charge is 0.251 e.